The van der Waals surface area contributed by atoms with Crippen molar-refractivity contribution in [2.45, 2.75) is 156 Å². The molecular weight excluding hydrogens is 516 g/mol. The summed E-state index contributed by atoms with van der Waals surface area (Å²) in [6.07, 6.45) is 4.85. The highest BCUT2D eigenvalue weighted by Gasteiger charge is 2.41. The van der Waals surface area contributed by atoms with Crippen molar-refractivity contribution in [3.05, 3.63) is 57.6 Å². The molecule has 0 saturated heterocycles. The van der Waals surface area contributed by atoms with E-state index >= 15 is 0 Å². The van der Waals surface area contributed by atoms with Crippen LogP contribution in [-0.2, 0) is 34.7 Å². The van der Waals surface area contributed by atoms with E-state index in [1.807, 2.05) is 0 Å². The van der Waals surface area contributed by atoms with Gasteiger partial charge in [0.05, 0.1) is 0 Å². The highest BCUT2D eigenvalue weighted by Crippen LogP contribution is 2.43. The van der Waals surface area contributed by atoms with Gasteiger partial charge in [-0.05, 0) is 81.4 Å². The van der Waals surface area contributed by atoms with Gasteiger partial charge in [-0.3, -0.25) is 0 Å². The van der Waals surface area contributed by atoms with Gasteiger partial charge in [-0.2, -0.15) is 0 Å². The van der Waals surface area contributed by atoms with Gasteiger partial charge in [-0.25, -0.2) is 0 Å². The molecule has 0 heterocycles. The fourth-order valence-electron chi connectivity index (χ4n) is 7.08. The van der Waals surface area contributed by atoms with Gasteiger partial charge >= 0.3 is 0 Å². The Morgan fingerprint density at radius 1 is 0.548 bits per heavy atom. The zero-order valence-corrected chi connectivity index (χ0v) is 28.8. The first-order valence-electron chi connectivity index (χ1n) is 16.4. The number of hydrogen-bond donors (Lipinski definition) is 4. The molecule has 0 radical (unpaired) electrons. The van der Waals surface area contributed by atoms with E-state index in [0.29, 0.717) is 48.5 Å². The van der Waals surface area contributed by atoms with Gasteiger partial charge in [0.25, 0.3) is 0 Å². The quantitative estimate of drug-likeness (QED) is 0.278. The van der Waals surface area contributed by atoms with Crippen LogP contribution in [0.15, 0.2) is 24.3 Å². The van der Waals surface area contributed by atoms with Crippen molar-refractivity contribution < 1.29 is 10.2 Å². The van der Waals surface area contributed by atoms with Gasteiger partial charge in [-0.1, -0.05) is 107 Å². The monoisotopic (exact) mass is 576 g/mol. The van der Waals surface area contributed by atoms with Crippen molar-refractivity contribution in [3.8, 4) is 11.5 Å². The average Bonchev–Trinajstić information content (AvgIpc) is 2.85. The molecular formula is C38H60N2O2. The van der Waals surface area contributed by atoms with Gasteiger partial charge < -0.3 is 20.8 Å². The summed E-state index contributed by atoms with van der Waals surface area (Å²) in [4.78, 5) is 0. The number of rotatable bonds is 6. The molecule has 3 aliphatic rings. The maximum Gasteiger partial charge on any atom is 0.123 e. The van der Waals surface area contributed by atoms with Crippen molar-refractivity contribution in [2.24, 2.45) is 11.8 Å². The molecule has 0 spiro atoms. The fourth-order valence-corrected chi connectivity index (χ4v) is 7.08. The minimum atomic E-state index is -0.114. The lowest BCUT2D eigenvalue weighted by molar-refractivity contribution is 0.0823. The predicted octanol–water partition coefficient (Wildman–Crippen LogP) is 8.72. The molecule has 4 atom stereocenters. The van der Waals surface area contributed by atoms with Gasteiger partial charge in [0.2, 0.25) is 0 Å². The van der Waals surface area contributed by atoms with Crippen LogP contribution in [0.25, 0.3) is 0 Å². The third-order valence-electron chi connectivity index (χ3n) is 9.99. The van der Waals surface area contributed by atoms with Crippen LogP contribution in [0.3, 0.4) is 0 Å². The summed E-state index contributed by atoms with van der Waals surface area (Å²) < 4.78 is 0. The molecule has 4 N–H and O–H groups in total. The number of benzene rings is 2. The lowest BCUT2D eigenvalue weighted by atomic mass is 9.65. The largest absolute Gasteiger partial charge is 0.507 e. The summed E-state index contributed by atoms with van der Waals surface area (Å²) in [5, 5.41) is 30.4. The van der Waals surface area contributed by atoms with Gasteiger partial charge in [-0.15, -0.1) is 0 Å². The second kappa shape index (κ2) is 11.5. The summed E-state index contributed by atoms with van der Waals surface area (Å²) in [5.74, 6) is 2.16. The number of nitrogens with one attached hydrogen (secondary N) is 2. The molecule has 0 aromatic heterocycles. The molecule has 2 bridgehead atoms. The van der Waals surface area contributed by atoms with Crippen molar-refractivity contribution in [1.29, 1.82) is 0 Å². The van der Waals surface area contributed by atoms with E-state index in [1.54, 1.807) is 0 Å². The molecule has 5 rings (SSSR count). The molecule has 3 unspecified atom stereocenters. The second-order valence-corrected chi connectivity index (χ2v) is 17.6. The van der Waals surface area contributed by atoms with Gasteiger partial charge in [0.1, 0.15) is 11.5 Å². The zero-order chi connectivity index (χ0) is 31.4. The Kier molecular flexibility index (Phi) is 8.98. The Balaban J connectivity index is 1.46. The maximum absolute atomic E-state index is 11.3. The van der Waals surface area contributed by atoms with E-state index in [-0.39, 0.29) is 21.7 Å². The summed E-state index contributed by atoms with van der Waals surface area (Å²) in [5.41, 5.74) is 6.51. The second-order valence-electron chi connectivity index (χ2n) is 17.6. The number of hydrogen-bond acceptors (Lipinski definition) is 4. The first-order valence-corrected chi connectivity index (χ1v) is 16.4. The Morgan fingerprint density at radius 3 is 1.14 bits per heavy atom. The van der Waals surface area contributed by atoms with Crippen molar-refractivity contribution in [2.75, 3.05) is 0 Å². The lowest BCUT2D eigenvalue weighted by Gasteiger charge is -2.48. The minimum Gasteiger partial charge on any atom is -0.507 e. The summed E-state index contributed by atoms with van der Waals surface area (Å²) in [6, 6.07) is 9.79. The first kappa shape index (κ1) is 32.9. The lowest BCUT2D eigenvalue weighted by Crippen LogP contribution is -2.53. The third kappa shape index (κ3) is 7.18. The molecule has 4 nitrogen and oxygen atoms in total. The molecule has 3 fully saturated rings. The normalized spacial score (nSPS) is 23.4. The Hall–Kier alpha value is -2.04. The van der Waals surface area contributed by atoms with E-state index in [2.05, 4.69) is 118 Å². The zero-order valence-electron chi connectivity index (χ0n) is 28.8. The molecule has 42 heavy (non-hydrogen) atoms. The SMILES string of the molecule is CC(C)(C)c1cc(CNC2C[C@@H]3CCC2CC3NCc2cc(C(C)(C)C)cc(C(C)(C)C)c2O)c(O)c(C(C)(C)C)c1. The number of fused-ring (bicyclic) bond motifs is 3. The summed E-state index contributed by atoms with van der Waals surface area (Å²) in [7, 11) is 0. The van der Waals surface area contributed by atoms with Crippen LogP contribution < -0.4 is 10.6 Å². The van der Waals surface area contributed by atoms with Crippen LogP contribution in [0.5, 0.6) is 11.5 Å². The molecule has 3 saturated carbocycles. The standard InChI is InChI=1S/C38H60N2O2/c1-35(2,3)27-15-25(33(41)29(19-27)37(7,8)9)21-39-31-17-24-14-13-23(31)18-32(24)40-22-26-16-28(36(4,5)6)20-30(34(26)42)38(10,11)12/h15-16,19-20,23-24,31-32,39-42H,13-14,17-18,21-22H2,1-12H3/t23-,24?,31?,32?/m0/s1. The molecule has 0 aliphatic heterocycles. The first-order chi connectivity index (χ1) is 19.2. The van der Waals surface area contributed by atoms with E-state index < -0.39 is 0 Å². The predicted molar refractivity (Wildman–Crippen MR) is 178 cm³/mol. The van der Waals surface area contributed by atoms with Crippen LogP contribution in [0.4, 0.5) is 0 Å². The molecule has 4 heteroatoms. The minimum absolute atomic E-state index is 0.0275. The molecule has 2 aromatic rings. The molecule has 234 valence electrons. The van der Waals surface area contributed by atoms with Crippen LogP contribution in [-0.4, -0.2) is 22.3 Å². The third-order valence-corrected chi connectivity index (χ3v) is 9.99. The van der Waals surface area contributed by atoms with Crippen LogP contribution >= 0.6 is 0 Å². The number of phenols is 2. The maximum atomic E-state index is 11.3. The van der Waals surface area contributed by atoms with Gasteiger partial charge in [0, 0.05) is 36.3 Å². The van der Waals surface area contributed by atoms with E-state index in [9.17, 15) is 10.2 Å². The van der Waals surface area contributed by atoms with Gasteiger partial charge in [0.15, 0.2) is 0 Å². The van der Waals surface area contributed by atoms with Crippen LogP contribution in [0.2, 0.25) is 0 Å². The Labute approximate surface area is 257 Å². The fraction of sp³-hybridized carbons (Fsp3) is 0.684. The molecule has 3 aliphatic carbocycles. The Bertz CT molecular complexity index is 1170. The van der Waals surface area contributed by atoms with E-state index in [0.717, 1.165) is 35.1 Å². The highest BCUT2D eigenvalue weighted by atomic mass is 16.3. The highest BCUT2D eigenvalue weighted by molar-refractivity contribution is 5.50. The summed E-state index contributed by atoms with van der Waals surface area (Å²) >= 11 is 0. The number of phenolic OH excluding ortho intramolecular Hbond substituents is 2. The summed E-state index contributed by atoms with van der Waals surface area (Å²) in [6.45, 7) is 28.0. The van der Waals surface area contributed by atoms with Crippen LogP contribution in [0.1, 0.15) is 142 Å². The van der Waals surface area contributed by atoms with Crippen molar-refractivity contribution >= 4 is 0 Å². The number of aromatic hydroxyl groups is 2. The van der Waals surface area contributed by atoms with E-state index in [4.69, 9.17) is 0 Å². The Morgan fingerprint density at radius 2 is 0.881 bits per heavy atom. The van der Waals surface area contributed by atoms with E-state index in [1.165, 1.54) is 24.0 Å². The van der Waals surface area contributed by atoms with Crippen LogP contribution in [0, 0.1) is 11.8 Å². The smallest absolute Gasteiger partial charge is 0.123 e. The molecule has 2 aromatic carbocycles. The average molecular weight is 577 g/mol. The topological polar surface area (TPSA) is 64.5 Å². The van der Waals surface area contributed by atoms with Crippen molar-refractivity contribution in [1.82, 2.24) is 10.6 Å². The molecule has 0 amide bonds. The van der Waals surface area contributed by atoms with Crippen molar-refractivity contribution in [3.63, 3.8) is 0 Å².